The van der Waals surface area contributed by atoms with E-state index >= 15 is 0 Å². The average Bonchev–Trinajstić information content (AvgIpc) is 1.29. The third kappa shape index (κ3) is 11.7. The van der Waals surface area contributed by atoms with Crippen molar-refractivity contribution in [3.8, 4) is 145 Å². The molecule has 11 aromatic carbocycles. The van der Waals surface area contributed by atoms with E-state index < -0.39 is 6.85 Å². The van der Waals surface area contributed by atoms with Crippen molar-refractivity contribution in [3.63, 3.8) is 0 Å². The molecule has 4 heteroatoms. The molecule has 14 aromatic rings. The molecule has 3 aromatic heterocycles. The minimum Gasteiger partial charge on any atom is -0.358 e. The van der Waals surface area contributed by atoms with Gasteiger partial charge in [0.05, 0.1) is 0 Å². The summed E-state index contributed by atoms with van der Waals surface area (Å²) in [7, 11) is 0. The zero-order chi connectivity index (χ0) is 59.4. The Morgan fingerprint density at radius 3 is 0.908 bits per heavy atom. The van der Waals surface area contributed by atoms with Crippen LogP contribution in [0.25, 0.3) is 145 Å². The number of hydrogen-bond donors (Lipinski definition) is 0. The number of aromatic nitrogens is 3. The van der Waals surface area contributed by atoms with Crippen LogP contribution in [0.2, 0.25) is 0 Å². The van der Waals surface area contributed by atoms with Crippen molar-refractivity contribution >= 4 is 0 Å². The summed E-state index contributed by atoms with van der Waals surface area (Å²) in [5.74, 6) is 0. The van der Waals surface area contributed by atoms with Crippen molar-refractivity contribution in [2.24, 2.45) is 0 Å². The molecule has 3 heterocycles. The molecule has 14 rings (SSSR count). The molecule has 0 aliphatic rings. The van der Waals surface area contributed by atoms with Gasteiger partial charge in [-0.2, -0.15) is 0 Å². The number of aryl methyl sites for hydroxylation is 1. The van der Waals surface area contributed by atoms with E-state index in [1.165, 1.54) is 0 Å². The smallest absolute Gasteiger partial charge is 0.0280 e. The van der Waals surface area contributed by atoms with E-state index in [1.807, 2.05) is 103 Å². The van der Waals surface area contributed by atoms with Crippen molar-refractivity contribution in [3.05, 3.63) is 341 Å². The molecule has 0 aliphatic heterocycles. The van der Waals surface area contributed by atoms with E-state index in [1.54, 1.807) is 12.3 Å². The van der Waals surface area contributed by atoms with Crippen molar-refractivity contribution in [1.82, 2.24) is 15.0 Å². The van der Waals surface area contributed by atoms with Crippen LogP contribution >= 0.6 is 0 Å². The molecule has 0 saturated heterocycles. The molecule has 0 fully saturated rings. The molecule has 0 saturated carbocycles. The van der Waals surface area contributed by atoms with Gasteiger partial charge in [-0.15, -0.1) is 71.3 Å². The van der Waals surface area contributed by atoms with Crippen molar-refractivity contribution in [1.29, 1.82) is 0 Å². The van der Waals surface area contributed by atoms with Crippen LogP contribution in [0.15, 0.2) is 310 Å². The van der Waals surface area contributed by atoms with Gasteiger partial charge in [0, 0.05) is 48.4 Å². The molecular formula is C83H57IrN3-4. The predicted octanol–water partition coefficient (Wildman–Crippen LogP) is 21.7. The molecule has 0 spiro atoms. The topological polar surface area (TPSA) is 38.7 Å². The van der Waals surface area contributed by atoms with Gasteiger partial charge in [-0.1, -0.05) is 275 Å². The van der Waals surface area contributed by atoms with Gasteiger partial charge in [-0.3, -0.25) is 0 Å². The Bertz CT molecular complexity index is 4620. The van der Waals surface area contributed by atoms with E-state index in [0.717, 1.165) is 128 Å². The summed E-state index contributed by atoms with van der Waals surface area (Å²) in [4.78, 5) is 14.4. The minimum atomic E-state index is -2.39. The SMILES string of the molecule is [2H]C([2H])([2H])c1cc(-c2[c-]cc(-c3ccccc3-c3cc(-c4ccccc4-c4c[c-]c(-c5ccccn5)cc4-c4ccccc4)cc(-c4ccccc4-c4c[c-]c(-c5ccccn5)cc4-c4ccccc4)c3)c(-c3ccccc3)c2)ncc1-c1ccccc1.[CH3-].[Ir]. The van der Waals surface area contributed by atoms with Crippen molar-refractivity contribution < 1.29 is 24.2 Å². The van der Waals surface area contributed by atoms with Crippen LogP contribution in [0.3, 0.4) is 0 Å². The zero-order valence-electron chi connectivity index (χ0n) is 50.6. The second kappa shape index (κ2) is 25.8. The Morgan fingerprint density at radius 1 is 0.264 bits per heavy atom. The van der Waals surface area contributed by atoms with Crippen LogP contribution < -0.4 is 0 Å². The van der Waals surface area contributed by atoms with Crippen LogP contribution in [-0.4, -0.2) is 15.0 Å². The van der Waals surface area contributed by atoms with Crippen LogP contribution in [-0.2, 0) is 20.1 Å². The second-order valence-electron chi connectivity index (χ2n) is 21.0. The van der Waals surface area contributed by atoms with E-state index in [4.69, 9.17) is 19.1 Å². The van der Waals surface area contributed by atoms with Crippen LogP contribution in [0, 0.1) is 32.5 Å². The van der Waals surface area contributed by atoms with Crippen LogP contribution in [0.5, 0.6) is 0 Å². The fourth-order valence-electron chi connectivity index (χ4n) is 11.7. The molecule has 417 valence electrons. The summed E-state index contributed by atoms with van der Waals surface area (Å²) in [6, 6.07) is 111. The molecule has 0 atom stereocenters. The monoisotopic (exact) mass is 1290 g/mol. The Hall–Kier alpha value is -10.5. The summed E-state index contributed by atoms with van der Waals surface area (Å²) in [5, 5.41) is 0. The van der Waals surface area contributed by atoms with E-state index in [2.05, 4.69) is 212 Å². The molecule has 87 heavy (non-hydrogen) atoms. The van der Waals surface area contributed by atoms with Gasteiger partial charge in [0.25, 0.3) is 0 Å². The van der Waals surface area contributed by atoms with Crippen LogP contribution in [0.1, 0.15) is 9.68 Å². The van der Waals surface area contributed by atoms with Gasteiger partial charge in [0.2, 0.25) is 0 Å². The van der Waals surface area contributed by atoms with Gasteiger partial charge in [-0.05, 0) is 115 Å². The average molecular weight is 1290 g/mol. The second-order valence-corrected chi connectivity index (χ2v) is 21.0. The van der Waals surface area contributed by atoms with E-state index in [-0.39, 0.29) is 33.1 Å². The molecule has 0 amide bonds. The first-order chi connectivity index (χ1) is 43.3. The minimum absolute atomic E-state index is 0. The maximum atomic E-state index is 8.65. The van der Waals surface area contributed by atoms with E-state index in [9.17, 15) is 0 Å². The summed E-state index contributed by atoms with van der Waals surface area (Å²) in [6.45, 7) is -2.39. The van der Waals surface area contributed by atoms with E-state index in [0.29, 0.717) is 16.8 Å². The van der Waals surface area contributed by atoms with Gasteiger partial charge in [0.1, 0.15) is 0 Å². The fourth-order valence-corrected chi connectivity index (χ4v) is 11.7. The first kappa shape index (κ1) is 53.3. The Morgan fingerprint density at radius 2 is 0.575 bits per heavy atom. The predicted molar refractivity (Wildman–Crippen MR) is 358 cm³/mol. The van der Waals surface area contributed by atoms with Gasteiger partial charge >= 0.3 is 0 Å². The summed E-state index contributed by atoms with van der Waals surface area (Å²) < 4.78 is 26.0. The Labute approximate surface area is 528 Å². The Balaban J connectivity index is 0.00000392. The summed E-state index contributed by atoms with van der Waals surface area (Å²) in [5.41, 5.74) is 25.0. The third-order valence-electron chi connectivity index (χ3n) is 15.8. The molecule has 1 radical (unpaired) electrons. The molecule has 0 aliphatic carbocycles. The fraction of sp³-hybridized carbons (Fsp3) is 0.0120. The van der Waals surface area contributed by atoms with Crippen LogP contribution in [0.4, 0.5) is 0 Å². The molecule has 3 nitrogen and oxygen atoms in total. The first-order valence-corrected chi connectivity index (χ1v) is 28.5. The largest absolute Gasteiger partial charge is 0.358 e. The normalized spacial score (nSPS) is 11.5. The van der Waals surface area contributed by atoms with Gasteiger partial charge < -0.3 is 22.4 Å². The molecule has 0 N–H and O–H groups in total. The Kier molecular flexibility index (Phi) is 15.8. The van der Waals surface area contributed by atoms with Gasteiger partial charge in [0.15, 0.2) is 0 Å². The number of hydrogen-bond acceptors (Lipinski definition) is 3. The van der Waals surface area contributed by atoms with Crippen molar-refractivity contribution in [2.45, 2.75) is 6.85 Å². The quantitative estimate of drug-likeness (QED) is 0.108. The van der Waals surface area contributed by atoms with Crippen molar-refractivity contribution in [2.75, 3.05) is 0 Å². The maximum absolute atomic E-state index is 8.65. The number of pyridine rings is 3. The maximum Gasteiger partial charge on any atom is 0.0280 e. The number of nitrogens with zero attached hydrogens (tertiary/aromatic N) is 3. The standard InChI is InChI=1S/C82H54N3.CH3.Ir/c1-56-48-82(85-55-79(56)60-30-12-5-13-31-60)63-42-45-75(78(54-63)59-28-10-4-11-29-59)72-37-19-16-34-69(72)66-50-64(67-32-14-17-35-70(67)73-43-40-61(80-38-20-22-46-83-80)52-76(73)57-24-6-2-7-25-57)49-65(51-66)68-33-15-18-36-71(68)74-44-41-62(81-39-21-23-47-84-81)53-77(74)58-26-8-3-9-27-58;;/h2-39,43-55H,1H3;1H3;/q-3;-1;/i1D3;;. The molecule has 0 bridgehead atoms. The first-order valence-electron chi connectivity index (χ1n) is 30.0. The number of benzene rings is 11. The molecular weight excluding hydrogens is 1230 g/mol. The molecule has 0 unspecified atom stereocenters. The van der Waals surface area contributed by atoms with Gasteiger partial charge in [-0.25, -0.2) is 0 Å². The number of rotatable bonds is 13. The zero-order valence-corrected chi connectivity index (χ0v) is 50.0. The summed E-state index contributed by atoms with van der Waals surface area (Å²) >= 11 is 0. The third-order valence-corrected chi connectivity index (χ3v) is 15.8. The summed E-state index contributed by atoms with van der Waals surface area (Å²) in [6.07, 6.45) is 5.33.